The SMILES string of the molecule is C/C=C(/C#N)CN1CCOCC1. The topological polar surface area (TPSA) is 36.3 Å². The highest BCUT2D eigenvalue weighted by atomic mass is 16.5. The van der Waals surface area contributed by atoms with Gasteiger partial charge in [-0.05, 0) is 6.92 Å². The molecule has 0 bridgehead atoms. The molecule has 0 aromatic heterocycles. The summed E-state index contributed by atoms with van der Waals surface area (Å²) in [5.41, 5.74) is 0.844. The maximum atomic E-state index is 8.68. The van der Waals surface area contributed by atoms with Crippen LogP contribution in [0.5, 0.6) is 0 Å². The molecule has 0 unspecified atom stereocenters. The zero-order valence-corrected chi connectivity index (χ0v) is 7.42. The van der Waals surface area contributed by atoms with Gasteiger partial charge < -0.3 is 4.74 Å². The number of hydrogen-bond donors (Lipinski definition) is 0. The summed E-state index contributed by atoms with van der Waals surface area (Å²) >= 11 is 0. The molecule has 0 aliphatic carbocycles. The number of nitrogens with zero attached hydrogens (tertiary/aromatic N) is 2. The summed E-state index contributed by atoms with van der Waals surface area (Å²) in [4.78, 5) is 2.24. The number of rotatable bonds is 2. The predicted octanol–water partition coefficient (Wildman–Crippen LogP) is 0.788. The first kappa shape index (κ1) is 9.24. The van der Waals surface area contributed by atoms with E-state index in [1.54, 1.807) is 0 Å². The number of allylic oxidation sites excluding steroid dienone is 1. The molecule has 0 aromatic carbocycles. The van der Waals surface area contributed by atoms with Crippen molar-refractivity contribution in [3.8, 4) is 6.07 Å². The fourth-order valence-electron chi connectivity index (χ4n) is 1.19. The molecule has 0 atom stereocenters. The Balaban J connectivity index is 2.34. The van der Waals surface area contributed by atoms with Crippen LogP contribution in [-0.4, -0.2) is 37.7 Å². The van der Waals surface area contributed by atoms with Crippen molar-refractivity contribution >= 4 is 0 Å². The van der Waals surface area contributed by atoms with Gasteiger partial charge in [0.2, 0.25) is 0 Å². The van der Waals surface area contributed by atoms with Crippen molar-refractivity contribution in [2.24, 2.45) is 0 Å². The molecule has 0 spiro atoms. The van der Waals surface area contributed by atoms with Gasteiger partial charge in [-0.15, -0.1) is 0 Å². The maximum absolute atomic E-state index is 8.68. The highest BCUT2D eigenvalue weighted by Gasteiger charge is 2.10. The average molecular weight is 166 g/mol. The second kappa shape index (κ2) is 4.91. The molecule has 0 saturated carbocycles. The number of nitriles is 1. The Bertz CT molecular complexity index is 199. The first-order valence-corrected chi connectivity index (χ1v) is 4.22. The summed E-state index contributed by atoms with van der Waals surface area (Å²) < 4.78 is 5.20. The fourth-order valence-corrected chi connectivity index (χ4v) is 1.19. The maximum Gasteiger partial charge on any atom is 0.0957 e. The minimum atomic E-state index is 0.774. The summed E-state index contributed by atoms with van der Waals surface area (Å²) in [6, 6.07) is 2.18. The predicted molar refractivity (Wildman–Crippen MR) is 46.6 cm³/mol. The molecule has 0 amide bonds. The normalized spacial score (nSPS) is 20.5. The number of hydrogen-bond acceptors (Lipinski definition) is 3. The van der Waals surface area contributed by atoms with E-state index in [2.05, 4.69) is 11.0 Å². The van der Waals surface area contributed by atoms with Crippen molar-refractivity contribution in [3.05, 3.63) is 11.6 Å². The van der Waals surface area contributed by atoms with Crippen molar-refractivity contribution in [2.45, 2.75) is 6.92 Å². The molecule has 1 fully saturated rings. The third-order valence-electron chi connectivity index (χ3n) is 1.99. The van der Waals surface area contributed by atoms with Gasteiger partial charge in [0.1, 0.15) is 0 Å². The standard InChI is InChI=1S/C9H14N2O/c1-2-9(7-10)8-11-3-5-12-6-4-11/h2H,3-6,8H2,1H3/b9-2-. The summed E-state index contributed by atoms with van der Waals surface area (Å²) in [7, 11) is 0. The van der Waals surface area contributed by atoms with Gasteiger partial charge in [-0.1, -0.05) is 6.08 Å². The molecular weight excluding hydrogens is 152 g/mol. The molecule has 1 aliphatic heterocycles. The lowest BCUT2D eigenvalue weighted by Gasteiger charge is -2.25. The van der Waals surface area contributed by atoms with E-state index >= 15 is 0 Å². The van der Waals surface area contributed by atoms with Gasteiger partial charge in [0.05, 0.1) is 19.3 Å². The molecule has 0 aromatic rings. The van der Waals surface area contributed by atoms with E-state index in [9.17, 15) is 0 Å². The zero-order valence-electron chi connectivity index (χ0n) is 7.42. The van der Waals surface area contributed by atoms with Crippen molar-refractivity contribution in [2.75, 3.05) is 32.8 Å². The zero-order chi connectivity index (χ0) is 8.81. The first-order chi connectivity index (χ1) is 5.86. The van der Waals surface area contributed by atoms with E-state index in [1.165, 1.54) is 0 Å². The van der Waals surface area contributed by atoms with Gasteiger partial charge in [0.15, 0.2) is 0 Å². The largest absolute Gasteiger partial charge is 0.379 e. The van der Waals surface area contributed by atoms with Crippen LogP contribution in [0.15, 0.2) is 11.6 Å². The van der Waals surface area contributed by atoms with Crippen LogP contribution in [0.25, 0.3) is 0 Å². The fraction of sp³-hybridized carbons (Fsp3) is 0.667. The summed E-state index contributed by atoms with van der Waals surface area (Å²) in [5, 5.41) is 8.68. The van der Waals surface area contributed by atoms with Crippen LogP contribution in [0.2, 0.25) is 0 Å². The molecule has 12 heavy (non-hydrogen) atoms. The molecule has 1 saturated heterocycles. The van der Waals surface area contributed by atoms with Crippen LogP contribution in [0.1, 0.15) is 6.92 Å². The van der Waals surface area contributed by atoms with E-state index in [4.69, 9.17) is 10.00 Å². The molecule has 1 aliphatic rings. The van der Waals surface area contributed by atoms with Gasteiger partial charge >= 0.3 is 0 Å². The average Bonchev–Trinajstić information content (AvgIpc) is 2.16. The highest BCUT2D eigenvalue weighted by molar-refractivity contribution is 5.21. The molecule has 1 rings (SSSR count). The number of morpholine rings is 1. The van der Waals surface area contributed by atoms with Gasteiger partial charge in [-0.25, -0.2) is 0 Å². The second-order valence-corrected chi connectivity index (χ2v) is 2.81. The lowest BCUT2D eigenvalue weighted by atomic mass is 10.2. The Kier molecular flexibility index (Phi) is 3.78. The third-order valence-corrected chi connectivity index (χ3v) is 1.99. The molecular formula is C9H14N2O. The Morgan fingerprint density at radius 2 is 2.25 bits per heavy atom. The van der Waals surface area contributed by atoms with Crippen LogP contribution in [0.4, 0.5) is 0 Å². The summed E-state index contributed by atoms with van der Waals surface area (Å²) in [5.74, 6) is 0. The van der Waals surface area contributed by atoms with Gasteiger partial charge in [-0.3, -0.25) is 4.90 Å². The Hall–Kier alpha value is -0.850. The van der Waals surface area contributed by atoms with E-state index in [-0.39, 0.29) is 0 Å². The van der Waals surface area contributed by atoms with Crippen molar-refractivity contribution < 1.29 is 4.74 Å². The van der Waals surface area contributed by atoms with E-state index in [1.807, 2.05) is 13.0 Å². The highest BCUT2D eigenvalue weighted by Crippen LogP contribution is 2.01. The molecule has 0 radical (unpaired) electrons. The van der Waals surface area contributed by atoms with E-state index in [0.717, 1.165) is 38.4 Å². The van der Waals surface area contributed by atoms with E-state index < -0.39 is 0 Å². The minimum absolute atomic E-state index is 0.774. The Labute approximate surface area is 73.2 Å². The summed E-state index contributed by atoms with van der Waals surface area (Å²) in [6.45, 7) is 6.15. The van der Waals surface area contributed by atoms with Crippen LogP contribution in [0.3, 0.4) is 0 Å². The first-order valence-electron chi connectivity index (χ1n) is 4.22. The second-order valence-electron chi connectivity index (χ2n) is 2.81. The van der Waals surface area contributed by atoms with Crippen LogP contribution in [-0.2, 0) is 4.74 Å². The third kappa shape index (κ3) is 2.65. The summed E-state index contributed by atoms with van der Waals surface area (Å²) in [6.07, 6.45) is 1.87. The van der Waals surface area contributed by atoms with Gasteiger partial charge in [-0.2, -0.15) is 5.26 Å². The van der Waals surface area contributed by atoms with E-state index in [0.29, 0.717) is 0 Å². The molecule has 3 nitrogen and oxygen atoms in total. The molecule has 0 N–H and O–H groups in total. The van der Waals surface area contributed by atoms with Crippen LogP contribution >= 0.6 is 0 Å². The van der Waals surface area contributed by atoms with Crippen LogP contribution in [0, 0.1) is 11.3 Å². The monoisotopic (exact) mass is 166 g/mol. The Morgan fingerprint density at radius 3 is 2.75 bits per heavy atom. The molecule has 1 heterocycles. The van der Waals surface area contributed by atoms with Crippen molar-refractivity contribution in [3.63, 3.8) is 0 Å². The quantitative estimate of drug-likeness (QED) is 0.569. The lowest BCUT2D eigenvalue weighted by molar-refractivity contribution is 0.0427. The number of ether oxygens (including phenoxy) is 1. The van der Waals surface area contributed by atoms with Gasteiger partial charge in [0.25, 0.3) is 0 Å². The van der Waals surface area contributed by atoms with Gasteiger partial charge in [0, 0.05) is 25.2 Å². The van der Waals surface area contributed by atoms with Crippen molar-refractivity contribution in [1.82, 2.24) is 4.90 Å². The molecule has 66 valence electrons. The van der Waals surface area contributed by atoms with Crippen LogP contribution < -0.4 is 0 Å². The Morgan fingerprint density at radius 1 is 1.58 bits per heavy atom. The lowest BCUT2D eigenvalue weighted by Crippen LogP contribution is -2.37. The smallest absolute Gasteiger partial charge is 0.0957 e. The molecule has 3 heteroatoms. The van der Waals surface area contributed by atoms with Crippen molar-refractivity contribution in [1.29, 1.82) is 5.26 Å². The minimum Gasteiger partial charge on any atom is -0.379 e.